The third kappa shape index (κ3) is 5.39. The summed E-state index contributed by atoms with van der Waals surface area (Å²) in [6.45, 7) is 7.22. The first-order valence-corrected chi connectivity index (χ1v) is 10.4. The maximum atomic E-state index is 8.79. The highest BCUT2D eigenvalue weighted by Crippen LogP contribution is 2.18. The quantitative estimate of drug-likeness (QED) is 0.579. The van der Waals surface area contributed by atoms with E-state index in [-0.39, 0.29) is 0 Å². The van der Waals surface area contributed by atoms with E-state index in [4.69, 9.17) is 5.26 Å². The third-order valence-electron chi connectivity index (χ3n) is 2.32. The van der Waals surface area contributed by atoms with Crippen LogP contribution in [0, 0.1) is 11.3 Å². The fourth-order valence-electron chi connectivity index (χ4n) is 1.30. The van der Waals surface area contributed by atoms with Gasteiger partial charge in [-0.2, -0.15) is 17.0 Å². The second-order valence-corrected chi connectivity index (χ2v) is 11.9. The standard InChI is InChI=1S/C13H19NSSi/c1-16(2,3)8-7-15-11-13-6-4-5-12(9-13)10-14/h4-6,9H,7-8,11H2,1-3H3. The number of thioether (sulfide) groups is 1. The Morgan fingerprint density at radius 2 is 2.06 bits per heavy atom. The summed E-state index contributed by atoms with van der Waals surface area (Å²) in [5.74, 6) is 2.27. The largest absolute Gasteiger partial charge is 0.192 e. The van der Waals surface area contributed by atoms with Gasteiger partial charge in [-0.25, -0.2) is 0 Å². The second kappa shape index (κ2) is 6.12. The van der Waals surface area contributed by atoms with Gasteiger partial charge < -0.3 is 0 Å². The van der Waals surface area contributed by atoms with Crippen LogP contribution in [0.15, 0.2) is 24.3 Å². The third-order valence-corrected chi connectivity index (χ3v) is 5.46. The monoisotopic (exact) mass is 249 g/mol. The highest BCUT2D eigenvalue weighted by Gasteiger charge is 2.11. The van der Waals surface area contributed by atoms with E-state index < -0.39 is 8.07 Å². The Morgan fingerprint density at radius 3 is 2.69 bits per heavy atom. The van der Waals surface area contributed by atoms with Gasteiger partial charge in [-0.3, -0.25) is 0 Å². The summed E-state index contributed by atoms with van der Waals surface area (Å²) in [6, 6.07) is 11.5. The van der Waals surface area contributed by atoms with Gasteiger partial charge in [-0.1, -0.05) is 31.8 Å². The van der Waals surface area contributed by atoms with Crippen LogP contribution in [0.3, 0.4) is 0 Å². The van der Waals surface area contributed by atoms with Gasteiger partial charge in [-0.05, 0) is 29.5 Å². The first-order valence-electron chi connectivity index (χ1n) is 5.58. The molecule has 0 heterocycles. The lowest BCUT2D eigenvalue weighted by Gasteiger charge is -2.14. The van der Waals surface area contributed by atoms with E-state index in [1.807, 2.05) is 30.0 Å². The number of nitrogens with zero attached hydrogens (tertiary/aromatic N) is 1. The SMILES string of the molecule is C[Si](C)(C)CCSCc1cccc(C#N)c1. The van der Waals surface area contributed by atoms with Gasteiger partial charge in [0, 0.05) is 13.8 Å². The molecule has 0 N–H and O–H groups in total. The zero-order chi connectivity index (χ0) is 12.0. The molecule has 0 aliphatic carbocycles. The minimum atomic E-state index is -0.886. The molecule has 86 valence electrons. The maximum absolute atomic E-state index is 8.79. The van der Waals surface area contributed by atoms with Crippen LogP contribution in [0.4, 0.5) is 0 Å². The second-order valence-electron chi connectivity index (χ2n) is 5.18. The molecule has 16 heavy (non-hydrogen) atoms. The Kier molecular flexibility index (Phi) is 5.10. The van der Waals surface area contributed by atoms with Gasteiger partial charge in [0.25, 0.3) is 0 Å². The molecule has 0 aromatic heterocycles. The summed E-state index contributed by atoms with van der Waals surface area (Å²) < 4.78 is 0. The summed E-state index contributed by atoms with van der Waals surface area (Å²) in [6.07, 6.45) is 0. The predicted molar refractivity (Wildman–Crippen MR) is 75.5 cm³/mol. The van der Waals surface area contributed by atoms with E-state index in [9.17, 15) is 0 Å². The molecule has 1 rings (SSSR count). The minimum absolute atomic E-state index is 0.767. The zero-order valence-electron chi connectivity index (χ0n) is 10.3. The van der Waals surface area contributed by atoms with Gasteiger partial charge in [0.05, 0.1) is 11.6 Å². The zero-order valence-corrected chi connectivity index (χ0v) is 12.1. The van der Waals surface area contributed by atoms with E-state index in [1.54, 1.807) is 0 Å². The molecule has 0 fully saturated rings. The molecule has 0 aliphatic rings. The Morgan fingerprint density at radius 1 is 1.31 bits per heavy atom. The van der Waals surface area contributed by atoms with E-state index in [1.165, 1.54) is 17.4 Å². The molecule has 0 saturated heterocycles. The highest BCUT2D eigenvalue weighted by atomic mass is 32.2. The molecular weight excluding hydrogens is 230 g/mol. The molecule has 0 aliphatic heterocycles. The number of nitriles is 1. The fraction of sp³-hybridized carbons (Fsp3) is 0.462. The predicted octanol–water partition coefficient (Wildman–Crippen LogP) is 4.13. The number of benzene rings is 1. The van der Waals surface area contributed by atoms with Crippen LogP contribution in [0.5, 0.6) is 0 Å². The summed E-state index contributed by atoms with van der Waals surface area (Å²) in [5, 5.41) is 8.79. The summed E-state index contributed by atoms with van der Waals surface area (Å²) in [7, 11) is -0.886. The molecule has 1 aromatic carbocycles. The number of hydrogen-bond acceptors (Lipinski definition) is 2. The minimum Gasteiger partial charge on any atom is -0.192 e. The van der Waals surface area contributed by atoms with Crippen molar-refractivity contribution in [2.24, 2.45) is 0 Å². The molecule has 0 radical (unpaired) electrons. The molecule has 0 amide bonds. The topological polar surface area (TPSA) is 23.8 Å². The number of hydrogen-bond donors (Lipinski definition) is 0. The van der Waals surface area contributed by atoms with Gasteiger partial charge in [0.2, 0.25) is 0 Å². The Balaban J connectivity index is 2.35. The average Bonchev–Trinajstić information content (AvgIpc) is 2.23. The van der Waals surface area contributed by atoms with Crippen molar-refractivity contribution in [1.29, 1.82) is 5.26 Å². The van der Waals surface area contributed by atoms with Crippen LogP contribution in [0.2, 0.25) is 25.7 Å². The van der Waals surface area contributed by atoms with Crippen molar-refractivity contribution < 1.29 is 0 Å². The van der Waals surface area contributed by atoms with Crippen molar-refractivity contribution in [2.45, 2.75) is 31.4 Å². The van der Waals surface area contributed by atoms with Crippen molar-refractivity contribution in [3.63, 3.8) is 0 Å². The lowest BCUT2D eigenvalue weighted by Crippen LogP contribution is -2.19. The molecule has 0 bridgehead atoms. The molecule has 0 spiro atoms. The van der Waals surface area contributed by atoms with Crippen LogP contribution < -0.4 is 0 Å². The van der Waals surface area contributed by atoms with Gasteiger partial charge in [0.15, 0.2) is 0 Å². The molecule has 0 unspecified atom stereocenters. The summed E-state index contributed by atoms with van der Waals surface area (Å²) in [4.78, 5) is 0. The lowest BCUT2D eigenvalue weighted by atomic mass is 10.2. The van der Waals surface area contributed by atoms with Gasteiger partial charge in [-0.15, -0.1) is 0 Å². The number of rotatable bonds is 5. The van der Waals surface area contributed by atoms with Crippen molar-refractivity contribution in [1.82, 2.24) is 0 Å². The summed E-state index contributed by atoms with van der Waals surface area (Å²) in [5.41, 5.74) is 2.03. The van der Waals surface area contributed by atoms with Crippen molar-refractivity contribution >= 4 is 19.8 Å². The fourth-order valence-corrected chi connectivity index (χ4v) is 4.89. The molecular formula is C13H19NSSi. The van der Waals surface area contributed by atoms with Crippen LogP contribution in [-0.2, 0) is 5.75 Å². The van der Waals surface area contributed by atoms with Crippen LogP contribution in [-0.4, -0.2) is 13.8 Å². The Hall–Kier alpha value is -0.723. The lowest BCUT2D eigenvalue weighted by molar-refractivity contribution is 1.34. The average molecular weight is 249 g/mol. The van der Waals surface area contributed by atoms with Crippen LogP contribution in [0.1, 0.15) is 11.1 Å². The first-order chi connectivity index (χ1) is 7.51. The maximum Gasteiger partial charge on any atom is 0.0991 e. The van der Waals surface area contributed by atoms with Crippen LogP contribution in [0.25, 0.3) is 0 Å². The Labute approximate surface area is 104 Å². The van der Waals surface area contributed by atoms with Crippen molar-refractivity contribution in [3.8, 4) is 6.07 Å². The first kappa shape index (κ1) is 13.3. The smallest absolute Gasteiger partial charge is 0.0991 e. The van der Waals surface area contributed by atoms with E-state index in [0.717, 1.165) is 11.3 Å². The highest BCUT2D eigenvalue weighted by molar-refractivity contribution is 7.98. The Bertz CT molecular complexity index is 376. The van der Waals surface area contributed by atoms with E-state index in [2.05, 4.69) is 31.8 Å². The van der Waals surface area contributed by atoms with Crippen molar-refractivity contribution in [2.75, 3.05) is 5.75 Å². The summed E-state index contributed by atoms with van der Waals surface area (Å²) >= 11 is 1.98. The molecule has 0 saturated carbocycles. The van der Waals surface area contributed by atoms with Gasteiger partial charge in [0.1, 0.15) is 0 Å². The van der Waals surface area contributed by atoms with E-state index >= 15 is 0 Å². The van der Waals surface area contributed by atoms with Crippen LogP contribution >= 0.6 is 11.8 Å². The normalized spacial score (nSPS) is 11.1. The van der Waals surface area contributed by atoms with Crippen molar-refractivity contribution in [3.05, 3.63) is 35.4 Å². The molecule has 3 heteroatoms. The molecule has 1 aromatic rings. The molecule has 0 atom stereocenters. The molecule has 1 nitrogen and oxygen atoms in total. The van der Waals surface area contributed by atoms with Gasteiger partial charge >= 0.3 is 0 Å². The van der Waals surface area contributed by atoms with E-state index in [0.29, 0.717) is 0 Å².